The number of aromatic nitrogens is 1. The highest BCUT2D eigenvalue weighted by Gasteiger charge is 2.15. The number of carboxylic acids is 1. The molecule has 0 radical (unpaired) electrons. The molecule has 1 unspecified atom stereocenters. The van der Waals surface area contributed by atoms with Crippen LogP contribution in [0.3, 0.4) is 0 Å². The van der Waals surface area contributed by atoms with Crippen molar-refractivity contribution in [3.63, 3.8) is 0 Å². The second-order valence-electron chi connectivity index (χ2n) is 3.39. The van der Waals surface area contributed by atoms with Crippen molar-refractivity contribution in [1.29, 1.82) is 0 Å². The normalized spacial score (nSPS) is 12.4. The lowest BCUT2D eigenvalue weighted by Crippen LogP contribution is -2.33. The van der Waals surface area contributed by atoms with E-state index < -0.39 is 18.7 Å². The van der Waals surface area contributed by atoms with E-state index in [9.17, 15) is 14.3 Å². The van der Waals surface area contributed by atoms with E-state index in [-0.39, 0.29) is 18.6 Å². The number of nitrogens with two attached hydrogens (primary N) is 1. The fourth-order valence-corrected chi connectivity index (χ4v) is 1.32. The Morgan fingerprint density at radius 1 is 1.62 bits per heavy atom. The highest BCUT2D eigenvalue weighted by Crippen LogP contribution is 2.15. The minimum atomic E-state index is -1.14. The van der Waals surface area contributed by atoms with Crippen LogP contribution in [0.25, 0.3) is 0 Å². The molecular formula is C10H13FN2O3. The molecule has 1 rings (SSSR count). The lowest BCUT2D eigenvalue weighted by molar-refractivity contribution is -0.138. The zero-order chi connectivity index (χ0) is 12.1. The van der Waals surface area contributed by atoms with Crippen LogP contribution in [0.2, 0.25) is 0 Å². The molecule has 88 valence electrons. The number of carboxylic acid groups (broad SMARTS) is 1. The molecule has 0 aliphatic rings. The molecule has 0 aliphatic heterocycles. The van der Waals surface area contributed by atoms with Gasteiger partial charge in [-0.15, -0.1) is 0 Å². The summed E-state index contributed by atoms with van der Waals surface area (Å²) in [6, 6.07) is 0.298. The summed E-state index contributed by atoms with van der Waals surface area (Å²) < 4.78 is 12.2. The van der Waals surface area contributed by atoms with Crippen LogP contribution in [0, 0.1) is 0 Å². The molecule has 16 heavy (non-hydrogen) atoms. The van der Waals surface area contributed by atoms with Gasteiger partial charge in [0.2, 0.25) is 0 Å². The van der Waals surface area contributed by atoms with Crippen molar-refractivity contribution >= 4 is 5.97 Å². The van der Waals surface area contributed by atoms with Crippen molar-refractivity contribution in [3.05, 3.63) is 23.5 Å². The van der Waals surface area contributed by atoms with E-state index in [1.807, 2.05) is 0 Å². The van der Waals surface area contributed by atoms with Gasteiger partial charge < -0.3 is 15.9 Å². The van der Waals surface area contributed by atoms with Crippen molar-refractivity contribution in [3.8, 4) is 5.75 Å². The van der Waals surface area contributed by atoms with Crippen molar-refractivity contribution in [2.24, 2.45) is 5.73 Å². The number of rotatable bonds is 5. The third-order valence-corrected chi connectivity index (χ3v) is 2.14. The molecule has 0 bridgehead atoms. The predicted molar refractivity (Wildman–Crippen MR) is 54.9 cm³/mol. The van der Waals surface area contributed by atoms with Gasteiger partial charge in [-0.05, 0) is 11.6 Å². The fourth-order valence-electron chi connectivity index (χ4n) is 1.32. The van der Waals surface area contributed by atoms with Crippen LogP contribution in [0.15, 0.2) is 12.3 Å². The number of aliphatic carboxylic acids is 1. The molecule has 1 atom stereocenters. The largest absolute Gasteiger partial charge is 0.506 e. The molecular weight excluding hydrogens is 214 g/mol. The minimum absolute atomic E-state index is 0.0188. The molecule has 5 nitrogen and oxygen atoms in total. The number of nitrogens with zero attached hydrogens (tertiary/aromatic N) is 1. The number of alkyl halides is 1. The van der Waals surface area contributed by atoms with Crippen molar-refractivity contribution in [2.75, 3.05) is 6.67 Å². The van der Waals surface area contributed by atoms with Gasteiger partial charge in [0, 0.05) is 18.5 Å². The highest BCUT2D eigenvalue weighted by atomic mass is 18.2. The van der Waals surface area contributed by atoms with Gasteiger partial charge in [-0.3, -0.25) is 14.2 Å². The van der Waals surface area contributed by atoms with Gasteiger partial charge in [0.1, 0.15) is 11.8 Å². The molecule has 0 aliphatic carbocycles. The molecule has 0 aromatic carbocycles. The van der Waals surface area contributed by atoms with Crippen LogP contribution in [0.1, 0.15) is 11.3 Å². The number of pyridine rings is 1. The summed E-state index contributed by atoms with van der Waals surface area (Å²) in [5.74, 6) is -1.21. The van der Waals surface area contributed by atoms with Crippen LogP contribution < -0.4 is 5.73 Å². The molecule has 4 N–H and O–H groups in total. The van der Waals surface area contributed by atoms with Crippen LogP contribution in [0.5, 0.6) is 5.75 Å². The highest BCUT2D eigenvalue weighted by molar-refractivity contribution is 5.73. The zero-order valence-electron chi connectivity index (χ0n) is 8.56. The van der Waals surface area contributed by atoms with E-state index in [0.29, 0.717) is 11.3 Å². The van der Waals surface area contributed by atoms with Crippen molar-refractivity contribution in [1.82, 2.24) is 4.98 Å². The SMILES string of the molecule is NC(Cc1ncc(O)cc1CC[18F])C(=O)O. The summed E-state index contributed by atoms with van der Waals surface area (Å²) in [4.78, 5) is 14.4. The third kappa shape index (κ3) is 3.16. The van der Waals surface area contributed by atoms with E-state index >= 15 is 0 Å². The molecule has 0 amide bonds. The molecule has 0 saturated carbocycles. The smallest absolute Gasteiger partial charge is 0.320 e. The van der Waals surface area contributed by atoms with E-state index in [0.717, 1.165) is 0 Å². The van der Waals surface area contributed by atoms with E-state index in [1.165, 1.54) is 12.3 Å². The molecule has 1 heterocycles. The van der Waals surface area contributed by atoms with Crippen molar-refractivity contribution < 1.29 is 19.4 Å². The van der Waals surface area contributed by atoms with Gasteiger partial charge in [-0.2, -0.15) is 0 Å². The average molecular weight is 227 g/mol. The Balaban J connectivity index is 2.89. The number of halogens is 1. The maximum atomic E-state index is 12.2. The monoisotopic (exact) mass is 227 g/mol. The van der Waals surface area contributed by atoms with Gasteiger partial charge >= 0.3 is 5.97 Å². The predicted octanol–water partition coefficient (Wildman–Crippen LogP) is 0.254. The maximum absolute atomic E-state index is 12.2. The lowest BCUT2D eigenvalue weighted by atomic mass is 10.0. The lowest BCUT2D eigenvalue weighted by Gasteiger charge is -2.10. The molecule has 0 fully saturated rings. The van der Waals surface area contributed by atoms with Crippen molar-refractivity contribution in [2.45, 2.75) is 18.9 Å². The Hall–Kier alpha value is -1.69. The van der Waals surface area contributed by atoms with Gasteiger partial charge in [-0.1, -0.05) is 0 Å². The van der Waals surface area contributed by atoms with Gasteiger partial charge in [0.05, 0.1) is 12.9 Å². The quantitative estimate of drug-likeness (QED) is 0.670. The van der Waals surface area contributed by atoms with Crippen LogP contribution in [0.4, 0.5) is 4.39 Å². The van der Waals surface area contributed by atoms with E-state index in [2.05, 4.69) is 4.98 Å². The molecule has 6 heteroatoms. The molecule has 1 aromatic rings. The summed E-state index contributed by atoms with van der Waals surface area (Å²) in [5.41, 5.74) is 6.25. The summed E-state index contributed by atoms with van der Waals surface area (Å²) in [7, 11) is 0. The number of carbonyl (C=O) groups is 1. The van der Waals surface area contributed by atoms with Crippen LogP contribution >= 0.6 is 0 Å². The number of hydrogen-bond donors (Lipinski definition) is 3. The minimum Gasteiger partial charge on any atom is -0.506 e. The van der Waals surface area contributed by atoms with E-state index in [4.69, 9.17) is 10.8 Å². The topological polar surface area (TPSA) is 96.4 Å². The molecule has 0 spiro atoms. The van der Waals surface area contributed by atoms with Gasteiger partial charge in [0.25, 0.3) is 0 Å². The molecule has 1 aromatic heterocycles. The Labute approximate surface area is 91.7 Å². The third-order valence-electron chi connectivity index (χ3n) is 2.14. The van der Waals surface area contributed by atoms with Crippen LogP contribution in [-0.2, 0) is 17.6 Å². The maximum Gasteiger partial charge on any atom is 0.320 e. The second-order valence-corrected chi connectivity index (χ2v) is 3.39. The second kappa shape index (κ2) is 5.41. The summed E-state index contributed by atoms with van der Waals surface area (Å²) in [5, 5.41) is 17.8. The number of hydrogen-bond acceptors (Lipinski definition) is 4. The average Bonchev–Trinajstić information content (AvgIpc) is 2.22. The first-order chi connectivity index (χ1) is 7.54. The zero-order valence-corrected chi connectivity index (χ0v) is 8.56. The molecule has 0 saturated heterocycles. The Bertz CT molecular complexity index is 384. The summed E-state index contributed by atoms with van der Waals surface area (Å²) >= 11 is 0. The first-order valence-corrected chi connectivity index (χ1v) is 4.75. The fraction of sp³-hybridized carbons (Fsp3) is 0.400. The summed E-state index contributed by atoms with van der Waals surface area (Å²) in [6.07, 6.45) is 1.29. The Kier molecular flexibility index (Phi) is 4.19. The van der Waals surface area contributed by atoms with Crippen LogP contribution in [-0.4, -0.2) is 33.9 Å². The number of aromatic hydroxyl groups is 1. The number of aryl methyl sites for hydroxylation is 1. The first-order valence-electron chi connectivity index (χ1n) is 4.75. The van der Waals surface area contributed by atoms with E-state index in [1.54, 1.807) is 0 Å². The first kappa shape index (κ1) is 12.4. The Morgan fingerprint density at radius 2 is 2.31 bits per heavy atom. The standard InChI is InChI=1S/C10H13FN2O3/c11-2-1-6-3-7(14)5-13-9(6)4-8(12)10(15)16/h3,5,8,14H,1-2,4,12H2,(H,15,16)/i11-1. The van der Waals surface area contributed by atoms with Gasteiger partial charge in [0.15, 0.2) is 0 Å². The summed E-state index contributed by atoms with van der Waals surface area (Å²) in [6.45, 7) is -0.597. The Morgan fingerprint density at radius 3 is 2.88 bits per heavy atom. The van der Waals surface area contributed by atoms with Gasteiger partial charge in [-0.25, -0.2) is 0 Å².